The molecule has 3 heterocycles. The number of ether oxygens (including phenoxy) is 2. The second-order valence-corrected chi connectivity index (χ2v) is 7.29. The van der Waals surface area contributed by atoms with Gasteiger partial charge in [-0.1, -0.05) is 18.5 Å². The van der Waals surface area contributed by atoms with Crippen LogP contribution in [0.25, 0.3) is 5.69 Å². The number of nitrogens with one attached hydrogen (secondary N) is 1. The zero-order valence-corrected chi connectivity index (χ0v) is 17.5. The number of rotatable bonds is 5. The summed E-state index contributed by atoms with van der Waals surface area (Å²) in [6, 6.07) is 2.27. The zero-order chi connectivity index (χ0) is 21.4. The van der Waals surface area contributed by atoms with Crippen LogP contribution in [0.15, 0.2) is 24.7 Å². The molecule has 1 aliphatic rings. The molecule has 8 nitrogen and oxygen atoms in total. The minimum Gasteiger partial charge on any atom is -0.495 e. The number of amides is 1. The molecule has 0 radical (unpaired) electrons. The Balaban J connectivity index is 1.68. The number of fused-ring (bicyclic) bond motifs is 1. The molecular formula is C20H21ClFN5O3. The fourth-order valence-corrected chi connectivity index (χ4v) is 3.97. The van der Waals surface area contributed by atoms with Crippen LogP contribution in [-0.2, 0) is 24.8 Å². The van der Waals surface area contributed by atoms with Crippen molar-refractivity contribution in [1.29, 1.82) is 0 Å². The van der Waals surface area contributed by atoms with Gasteiger partial charge < -0.3 is 19.4 Å². The Hall–Kier alpha value is -2.91. The summed E-state index contributed by atoms with van der Waals surface area (Å²) in [5.74, 6) is -0.507. The molecule has 0 saturated heterocycles. The van der Waals surface area contributed by atoms with E-state index in [2.05, 4.69) is 15.4 Å². The van der Waals surface area contributed by atoms with Crippen molar-refractivity contribution in [3.8, 4) is 11.4 Å². The molecule has 0 saturated carbocycles. The quantitative estimate of drug-likeness (QED) is 0.668. The van der Waals surface area contributed by atoms with Crippen LogP contribution in [0.5, 0.6) is 5.75 Å². The van der Waals surface area contributed by atoms with E-state index in [4.69, 9.17) is 21.1 Å². The lowest BCUT2D eigenvalue weighted by Gasteiger charge is -2.24. The molecule has 0 spiro atoms. The summed E-state index contributed by atoms with van der Waals surface area (Å²) in [6.07, 6.45) is 3.89. The van der Waals surface area contributed by atoms with Crippen LogP contribution in [0.4, 0.5) is 4.39 Å². The van der Waals surface area contributed by atoms with Gasteiger partial charge in [0.15, 0.2) is 5.82 Å². The summed E-state index contributed by atoms with van der Waals surface area (Å²) in [6.45, 7) is 2.44. The van der Waals surface area contributed by atoms with Gasteiger partial charge in [0, 0.05) is 18.3 Å². The second-order valence-electron chi connectivity index (χ2n) is 6.92. The smallest absolute Gasteiger partial charge is 0.272 e. The number of nitrogens with zero attached hydrogens (tertiary/aromatic N) is 4. The average Bonchev–Trinajstić information content (AvgIpc) is 3.32. The first-order chi connectivity index (χ1) is 14.5. The molecule has 1 N–H and O–H groups in total. The van der Waals surface area contributed by atoms with Gasteiger partial charge in [0.1, 0.15) is 22.2 Å². The second kappa shape index (κ2) is 8.08. The fourth-order valence-electron chi connectivity index (χ4n) is 3.66. The van der Waals surface area contributed by atoms with Gasteiger partial charge in [0.25, 0.3) is 5.91 Å². The first-order valence-corrected chi connectivity index (χ1v) is 9.82. The van der Waals surface area contributed by atoms with Crippen LogP contribution >= 0.6 is 11.6 Å². The van der Waals surface area contributed by atoms with Crippen molar-refractivity contribution in [1.82, 2.24) is 24.6 Å². The van der Waals surface area contributed by atoms with Crippen LogP contribution in [0, 0.1) is 5.82 Å². The van der Waals surface area contributed by atoms with Crippen molar-refractivity contribution < 1.29 is 18.7 Å². The lowest BCUT2D eigenvalue weighted by atomic mass is 10.1. The number of carbonyl (C=O) groups is 1. The van der Waals surface area contributed by atoms with Gasteiger partial charge in [0.2, 0.25) is 0 Å². The minimum atomic E-state index is -0.543. The van der Waals surface area contributed by atoms with Gasteiger partial charge in [0.05, 0.1) is 44.6 Å². The maximum atomic E-state index is 14.6. The third kappa shape index (κ3) is 3.33. The number of carbonyl (C=O) groups excluding carboxylic acids is 1. The topological polar surface area (TPSA) is 83.2 Å². The third-order valence-corrected chi connectivity index (χ3v) is 5.54. The standard InChI is InChI=1S/C20H21ClFN5O3/c1-4-14-18(23-10-26(14)2)20(28)25-13-8-30-9-15-11(13)7-24-27(15)19-12(22)5-6-16(29-3)17(19)21/h5-7,10,13H,4,8-9H2,1-3H3,(H,25,28)/t13-/m1/s1. The number of methoxy groups -OCH3 is 1. The van der Waals surface area contributed by atoms with Crippen LogP contribution in [0.2, 0.25) is 5.02 Å². The van der Waals surface area contributed by atoms with Gasteiger partial charge in [-0.3, -0.25) is 4.79 Å². The molecule has 158 valence electrons. The molecular weight excluding hydrogens is 413 g/mol. The Morgan fingerprint density at radius 3 is 3.00 bits per heavy atom. The predicted octanol–water partition coefficient (Wildman–Crippen LogP) is 2.97. The number of benzene rings is 1. The Morgan fingerprint density at radius 2 is 2.27 bits per heavy atom. The molecule has 0 aliphatic carbocycles. The molecule has 1 atom stereocenters. The summed E-state index contributed by atoms with van der Waals surface area (Å²) in [4.78, 5) is 17.0. The minimum absolute atomic E-state index is 0.0749. The highest BCUT2D eigenvalue weighted by atomic mass is 35.5. The monoisotopic (exact) mass is 433 g/mol. The first-order valence-electron chi connectivity index (χ1n) is 9.44. The number of hydrogen-bond acceptors (Lipinski definition) is 5. The maximum Gasteiger partial charge on any atom is 0.272 e. The van der Waals surface area contributed by atoms with E-state index in [1.54, 1.807) is 12.5 Å². The normalized spacial score (nSPS) is 15.7. The van der Waals surface area contributed by atoms with Crippen molar-refractivity contribution in [2.45, 2.75) is 26.0 Å². The first kappa shape index (κ1) is 20.4. The lowest BCUT2D eigenvalue weighted by Crippen LogP contribution is -2.35. The number of aromatic nitrogens is 4. The van der Waals surface area contributed by atoms with E-state index in [1.807, 2.05) is 18.5 Å². The molecule has 3 aromatic rings. The molecule has 30 heavy (non-hydrogen) atoms. The summed E-state index contributed by atoms with van der Waals surface area (Å²) in [5, 5.41) is 7.38. The maximum absolute atomic E-state index is 14.6. The molecule has 10 heteroatoms. The summed E-state index contributed by atoms with van der Waals surface area (Å²) >= 11 is 6.34. The van der Waals surface area contributed by atoms with Gasteiger partial charge >= 0.3 is 0 Å². The highest BCUT2D eigenvalue weighted by Gasteiger charge is 2.30. The van der Waals surface area contributed by atoms with Gasteiger partial charge in [-0.25, -0.2) is 14.1 Å². The Morgan fingerprint density at radius 1 is 1.47 bits per heavy atom. The molecule has 2 aromatic heterocycles. The largest absolute Gasteiger partial charge is 0.495 e. The average molecular weight is 434 g/mol. The van der Waals surface area contributed by atoms with Crippen molar-refractivity contribution in [2.24, 2.45) is 7.05 Å². The summed E-state index contributed by atoms with van der Waals surface area (Å²) < 4.78 is 28.7. The molecule has 4 rings (SSSR count). The Kier molecular flexibility index (Phi) is 5.48. The fraction of sp³-hybridized carbons (Fsp3) is 0.350. The zero-order valence-electron chi connectivity index (χ0n) is 16.8. The lowest BCUT2D eigenvalue weighted by molar-refractivity contribution is 0.0683. The van der Waals surface area contributed by atoms with Crippen molar-refractivity contribution in [3.05, 3.63) is 58.1 Å². The van der Waals surface area contributed by atoms with E-state index in [0.29, 0.717) is 23.6 Å². The van der Waals surface area contributed by atoms with Gasteiger partial charge in [-0.2, -0.15) is 5.10 Å². The van der Waals surface area contributed by atoms with Crippen molar-refractivity contribution in [2.75, 3.05) is 13.7 Å². The molecule has 1 aromatic carbocycles. The van der Waals surface area contributed by atoms with E-state index in [0.717, 1.165) is 11.3 Å². The van der Waals surface area contributed by atoms with E-state index in [9.17, 15) is 9.18 Å². The Labute approximate surface area is 177 Å². The highest BCUT2D eigenvalue weighted by Crippen LogP contribution is 2.35. The van der Waals surface area contributed by atoms with Crippen LogP contribution in [-0.4, -0.2) is 39.0 Å². The molecule has 0 unspecified atom stereocenters. The number of imidazole rings is 1. The molecule has 1 amide bonds. The van der Waals surface area contributed by atoms with Crippen molar-refractivity contribution >= 4 is 17.5 Å². The Bertz CT molecular complexity index is 1110. The molecule has 0 fully saturated rings. The van der Waals surface area contributed by atoms with Crippen molar-refractivity contribution in [3.63, 3.8) is 0 Å². The SMILES string of the molecule is CCc1c(C(=O)N[C@@H]2COCc3c2cnn3-c2c(F)ccc(OC)c2Cl)ncn1C. The van der Waals surface area contributed by atoms with Crippen LogP contribution < -0.4 is 10.1 Å². The van der Waals surface area contributed by atoms with E-state index in [1.165, 1.54) is 23.9 Å². The number of hydrogen-bond donors (Lipinski definition) is 1. The number of aryl methyl sites for hydroxylation is 1. The highest BCUT2D eigenvalue weighted by molar-refractivity contribution is 6.33. The third-order valence-electron chi connectivity index (χ3n) is 5.18. The van der Waals surface area contributed by atoms with E-state index < -0.39 is 11.9 Å². The number of halogens is 2. The predicted molar refractivity (Wildman–Crippen MR) is 108 cm³/mol. The molecule has 0 bridgehead atoms. The van der Waals surface area contributed by atoms with E-state index >= 15 is 0 Å². The summed E-state index contributed by atoms with van der Waals surface area (Å²) in [5.41, 5.74) is 2.64. The van der Waals surface area contributed by atoms with Gasteiger partial charge in [-0.05, 0) is 18.6 Å². The summed E-state index contributed by atoms with van der Waals surface area (Å²) in [7, 11) is 3.30. The van der Waals surface area contributed by atoms with Gasteiger partial charge in [-0.15, -0.1) is 0 Å². The van der Waals surface area contributed by atoms with Crippen LogP contribution in [0.3, 0.4) is 0 Å². The van der Waals surface area contributed by atoms with E-state index in [-0.39, 0.29) is 29.8 Å². The van der Waals surface area contributed by atoms with Crippen LogP contribution in [0.1, 0.15) is 40.4 Å². The molecule has 1 aliphatic heterocycles.